The highest BCUT2D eigenvalue weighted by Crippen LogP contribution is 2.34. The van der Waals surface area contributed by atoms with Gasteiger partial charge in [0.15, 0.2) is 0 Å². The Morgan fingerprint density at radius 3 is 2.74 bits per heavy atom. The fourth-order valence-electron chi connectivity index (χ4n) is 5.28. The van der Waals surface area contributed by atoms with Gasteiger partial charge < -0.3 is 24.6 Å². The zero-order chi connectivity index (χ0) is 27.8. The van der Waals surface area contributed by atoms with Crippen molar-refractivity contribution < 1.29 is 32.9 Å². The van der Waals surface area contributed by atoms with Crippen LogP contribution < -0.4 is 9.47 Å². The number of pyridine rings is 1. The number of ether oxygens (including phenoxy) is 2. The smallest absolute Gasteiger partial charge is 0.497 e. The summed E-state index contributed by atoms with van der Waals surface area (Å²) in [4.78, 5) is 7.48. The number of piperidine rings is 1. The molecule has 1 aliphatic rings. The summed E-state index contributed by atoms with van der Waals surface area (Å²) in [6, 6.07) is 13.6. The lowest BCUT2D eigenvalue weighted by molar-refractivity contribution is -0.274. The van der Waals surface area contributed by atoms with E-state index in [9.17, 15) is 23.4 Å². The Morgan fingerprint density at radius 2 is 1.97 bits per heavy atom. The van der Waals surface area contributed by atoms with Crippen LogP contribution in [-0.4, -0.2) is 65.6 Å². The number of likely N-dealkylation sites (tertiary alicyclic amines) is 1. The van der Waals surface area contributed by atoms with E-state index in [0.29, 0.717) is 12.3 Å². The average molecular weight is 565 g/mol. The van der Waals surface area contributed by atoms with E-state index in [1.165, 1.54) is 23.9 Å². The van der Waals surface area contributed by atoms with Crippen LogP contribution in [-0.2, 0) is 0 Å². The quantitative estimate of drug-likeness (QED) is 0.204. The molecular formula is C29H35F3N2O4S. The van der Waals surface area contributed by atoms with Crippen molar-refractivity contribution in [1.29, 1.82) is 0 Å². The van der Waals surface area contributed by atoms with Crippen LogP contribution in [0.4, 0.5) is 13.2 Å². The highest BCUT2D eigenvalue weighted by atomic mass is 32.2. The van der Waals surface area contributed by atoms with Crippen LogP contribution in [0.5, 0.6) is 11.5 Å². The summed E-state index contributed by atoms with van der Waals surface area (Å²) in [5, 5.41) is 22.0. The summed E-state index contributed by atoms with van der Waals surface area (Å²) in [5.74, 6) is 1.76. The highest BCUT2D eigenvalue weighted by Gasteiger charge is 2.31. The van der Waals surface area contributed by atoms with Gasteiger partial charge in [-0.15, -0.1) is 24.9 Å². The number of thioether (sulfide) groups is 1. The molecule has 0 bridgehead atoms. The van der Waals surface area contributed by atoms with E-state index >= 15 is 0 Å². The highest BCUT2D eigenvalue weighted by molar-refractivity contribution is 7.99. The van der Waals surface area contributed by atoms with Gasteiger partial charge in [0.1, 0.15) is 11.5 Å². The number of nitrogens with zero attached hydrogens (tertiary/aromatic N) is 2. The zero-order valence-corrected chi connectivity index (χ0v) is 22.8. The van der Waals surface area contributed by atoms with Crippen LogP contribution in [0.2, 0.25) is 0 Å². The maximum absolute atomic E-state index is 12.5. The fourth-order valence-corrected chi connectivity index (χ4v) is 6.16. The molecule has 1 aromatic heterocycles. The second kappa shape index (κ2) is 13.7. The summed E-state index contributed by atoms with van der Waals surface area (Å²) in [6.07, 6.45) is -0.351. The van der Waals surface area contributed by atoms with Crippen LogP contribution >= 0.6 is 11.8 Å². The molecule has 2 aromatic carbocycles. The molecule has 0 amide bonds. The predicted octanol–water partition coefficient (Wildman–Crippen LogP) is 6.07. The first-order valence-electron chi connectivity index (χ1n) is 13.2. The van der Waals surface area contributed by atoms with Crippen LogP contribution in [0.3, 0.4) is 0 Å². The molecule has 0 aliphatic carbocycles. The maximum Gasteiger partial charge on any atom is 0.573 e. The molecule has 3 atom stereocenters. The third-order valence-corrected chi connectivity index (χ3v) is 8.37. The van der Waals surface area contributed by atoms with Crippen LogP contribution in [0.25, 0.3) is 10.9 Å². The lowest BCUT2D eigenvalue weighted by Gasteiger charge is -2.38. The van der Waals surface area contributed by atoms with Crippen LogP contribution in [0.1, 0.15) is 37.4 Å². The molecule has 39 heavy (non-hydrogen) atoms. The zero-order valence-electron chi connectivity index (χ0n) is 21.9. The first-order valence-corrected chi connectivity index (χ1v) is 14.2. The molecule has 2 N–H and O–H groups in total. The maximum atomic E-state index is 12.5. The van der Waals surface area contributed by atoms with E-state index < -0.39 is 12.5 Å². The van der Waals surface area contributed by atoms with Crippen molar-refractivity contribution >= 4 is 22.7 Å². The molecule has 0 saturated carbocycles. The number of aliphatic hydroxyl groups excluding tert-OH is 2. The Hall–Kier alpha value is -2.53. The average Bonchev–Trinajstić information content (AvgIpc) is 2.93. The molecule has 212 valence electrons. The van der Waals surface area contributed by atoms with Crippen molar-refractivity contribution in [2.75, 3.05) is 39.1 Å². The molecule has 0 spiro atoms. The van der Waals surface area contributed by atoms with Crippen molar-refractivity contribution in [2.24, 2.45) is 11.8 Å². The molecule has 0 unspecified atom stereocenters. The van der Waals surface area contributed by atoms with E-state index in [-0.39, 0.29) is 18.3 Å². The molecule has 10 heteroatoms. The summed E-state index contributed by atoms with van der Waals surface area (Å²) < 4.78 is 46.7. The molecule has 1 saturated heterocycles. The Kier molecular flexibility index (Phi) is 10.3. The second-order valence-corrected chi connectivity index (χ2v) is 11.1. The van der Waals surface area contributed by atoms with E-state index in [1.54, 1.807) is 25.4 Å². The number of fused-ring (bicyclic) bond motifs is 1. The first kappa shape index (κ1) is 29.5. The van der Waals surface area contributed by atoms with Gasteiger partial charge in [-0.05, 0) is 104 Å². The molecule has 4 rings (SSSR count). The number of hydrogen-bond acceptors (Lipinski definition) is 7. The Morgan fingerprint density at radius 1 is 1.13 bits per heavy atom. The summed E-state index contributed by atoms with van der Waals surface area (Å²) in [6.45, 7) is 2.69. The SMILES string of the molecule is COc1ccc2nccc([C@@H](O)CC[C@@H]3CCN(CCCSc4cccc(OC(F)(F)F)c4)C[C@@H]3CO)c2c1. The van der Waals surface area contributed by atoms with Crippen molar-refractivity contribution in [3.63, 3.8) is 0 Å². The van der Waals surface area contributed by atoms with Crippen LogP contribution in [0.15, 0.2) is 59.6 Å². The van der Waals surface area contributed by atoms with Crippen molar-refractivity contribution in [3.8, 4) is 11.5 Å². The van der Waals surface area contributed by atoms with Crippen molar-refractivity contribution in [2.45, 2.75) is 43.0 Å². The van der Waals surface area contributed by atoms with Gasteiger partial charge in [-0.25, -0.2) is 0 Å². The van der Waals surface area contributed by atoms with E-state index in [4.69, 9.17) is 4.74 Å². The Labute approximate surface area is 231 Å². The number of methoxy groups -OCH3 is 1. The Bertz CT molecular complexity index is 1210. The van der Waals surface area contributed by atoms with Crippen molar-refractivity contribution in [3.05, 3.63) is 60.3 Å². The van der Waals surface area contributed by atoms with Gasteiger partial charge in [0, 0.05) is 29.6 Å². The van der Waals surface area contributed by atoms with Gasteiger partial charge in [0.25, 0.3) is 0 Å². The lowest BCUT2D eigenvalue weighted by Crippen LogP contribution is -2.42. The number of aromatic nitrogens is 1. The number of alkyl halides is 3. The minimum Gasteiger partial charge on any atom is -0.497 e. The van der Waals surface area contributed by atoms with Gasteiger partial charge in [0.05, 0.1) is 18.7 Å². The molecule has 3 aromatic rings. The first-order chi connectivity index (χ1) is 18.8. The molecule has 1 fully saturated rings. The summed E-state index contributed by atoms with van der Waals surface area (Å²) in [7, 11) is 1.61. The Balaban J connectivity index is 1.23. The van der Waals surface area contributed by atoms with Gasteiger partial charge in [-0.3, -0.25) is 4.98 Å². The number of benzene rings is 2. The lowest BCUT2D eigenvalue weighted by atomic mass is 9.81. The third-order valence-electron chi connectivity index (χ3n) is 7.29. The molecule has 0 radical (unpaired) electrons. The number of hydrogen-bond donors (Lipinski definition) is 2. The molecule has 2 heterocycles. The topological polar surface area (TPSA) is 75.1 Å². The molecular weight excluding hydrogens is 529 g/mol. The van der Waals surface area contributed by atoms with E-state index in [0.717, 1.165) is 71.8 Å². The van der Waals surface area contributed by atoms with Crippen LogP contribution in [0, 0.1) is 11.8 Å². The monoisotopic (exact) mass is 564 g/mol. The second-order valence-electron chi connectivity index (χ2n) is 9.89. The number of halogens is 3. The predicted molar refractivity (Wildman–Crippen MR) is 146 cm³/mol. The molecule has 6 nitrogen and oxygen atoms in total. The molecule has 1 aliphatic heterocycles. The van der Waals surface area contributed by atoms with Gasteiger partial charge in [-0.1, -0.05) is 6.07 Å². The standard InChI is InChI=1S/C29H35F3N2O4S/c1-37-22-7-8-27-26(17-22)25(10-12-33-27)28(36)9-6-20-11-14-34(18-21(20)19-35)13-3-15-39-24-5-2-4-23(16-24)38-29(30,31)32/h2,4-5,7-8,10,12,16-17,20-21,28,35-36H,3,6,9,11,13-15,18-19H2,1H3/t20-,21-,28+/m1/s1. The number of aliphatic hydroxyl groups is 2. The van der Waals surface area contributed by atoms with Gasteiger partial charge >= 0.3 is 6.36 Å². The van der Waals surface area contributed by atoms with Gasteiger partial charge in [0.2, 0.25) is 0 Å². The fraction of sp³-hybridized carbons (Fsp3) is 0.483. The van der Waals surface area contributed by atoms with Gasteiger partial charge in [-0.2, -0.15) is 0 Å². The summed E-state index contributed by atoms with van der Waals surface area (Å²) in [5.41, 5.74) is 1.65. The number of rotatable bonds is 12. The van der Waals surface area contributed by atoms with E-state index in [2.05, 4.69) is 14.6 Å². The third kappa shape index (κ3) is 8.48. The van der Waals surface area contributed by atoms with Crippen molar-refractivity contribution in [1.82, 2.24) is 9.88 Å². The summed E-state index contributed by atoms with van der Waals surface area (Å²) >= 11 is 1.50. The van der Waals surface area contributed by atoms with E-state index in [1.807, 2.05) is 24.3 Å². The minimum absolute atomic E-state index is 0.105. The normalized spacial score (nSPS) is 19.2. The minimum atomic E-state index is -4.70. The largest absolute Gasteiger partial charge is 0.573 e.